The highest BCUT2D eigenvalue weighted by Gasteiger charge is 2.65. The van der Waals surface area contributed by atoms with E-state index in [2.05, 4.69) is 20.1 Å². The number of aromatic nitrogens is 3. The number of fused-ring (bicyclic) bond motifs is 1. The third-order valence-corrected chi connectivity index (χ3v) is 5.44. The molecule has 0 radical (unpaired) electrons. The van der Waals surface area contributed by atoms with E-state index >= 15 is 0 Å². The van der Waals surface area contributed by atoms with E-state index in [1.54, 1.807) is 0 Å². The van der Waals surface area contributed by atoms with E-state index in [0.29, 0.717) is 6.54 Å². The highest BCUT2D eigenvalue weighted by molar-refractivity contribution is 5.91. The molecule has 0 unspecified atom stereocenters. The number of carbonyl (C=O) groups is 2. The first-order valence-electron chi connectivity index (χ1n) is 8.84. The molecule has 1 amide bonds. The van der Waals surface area contributed by atoms with Gasteiger partial charge in [0, 0.05) is 25.9 Å². The SMILES string of the molecule is CC1(C)[C@H](C(=O)O)[C@@H]1C(=O)NCCCc1nnc2n1CCCCC2. The normalized spacial score (nSPS) is 24.8. The maximum Gasteiger partial charge on any atom is 0.307 e. The van der Waals surface area contributed by atoms with Gasteiger partial charge in [-0.2, -0.15) is 0 Å². The van der Waals surface area contributed by atoms with Gasteiger partial charge in [0.2, 0.25) is 5.91 Å². The molecule has 1 aliphatic carbocycles. The van der Waals surface area contributed by atoms with E-state index in [0.717, 1.165) is 37.5 Å². The number of aryl methyl sites for hydroxylation is 2. The van der Waals surface area contributed by atoms with E-state index in [9.17, 15) is 9.59 Å². The number of rotatable bonds is 6. The van der Waals surface area contributed by atoms with Crippen LogP contribution in [-0.4, -0.2) is 38.3 Å². The van der Waals surface area contributed by atoms with Crippen molar-refractivity contribution >= 4 is 11.9 Å². The number of carboxylic acids is 1. The van der Waals surface area contributed by atoms with Gasteiger partial charge in [-0.25, -0.2) is 0 Å². The lowest BCUT2D eigenvalue weighted by molar-refractivity contribution is -0.140. The molecule has 0 bridgehead atoms. The minimum absolute atomic E-state index is 0.146. The van der Waals surface area contributed by atoms with Gasteiger partial charge in [0.1, 0.15) is 11.6 Å². The largest absolute Gasteiger partial charge is 0.481 e. The summed E-state index contributed by atoms with van der Waals surface area (Å²) in [6, 6.07) is 0. The zero-order valence-electron chi connectivity index (χ0n) is 14.4. The summed E-state index contributed by atoms with van der Waals surface area (Å²) in [5.74, 6) is 0.0646. The lowest BCUT2D eigenvalue weighted by Gasteiger charge is -2.08. The number of nitrogens with one attached hydrogen (secondary N) is 1. The van der Waals surface area contributed by atoms with Crippen molar-refractivity contribution in [2.24, 2.45) is 17.3 Å². The van der Waals surface area contributed by atoms with Gasteiger partial charge in [0.05, 0.1) is 11.8 Å². The molecule has 132 valence electrons. The van der Waals surface area contributed by atoms with Gasteiger partial charge >= 0.3 is 5.97 Å². The lowest BCUT2D eigenvalue weighted by atomic mass is 10.1. The molecule has 24 heavy (non-hydrogen) atoms. The lowest BCUT2D eigenvalue weighted by Crippen LogP contribution is -2.28. The third kappa shape index (κ3) is 3.16. The van der Waals surface area contributed by atoms with Crippen LogP contribution in [0.1, 0.15) is 51.2 Å². The molecule has 1 aromatic rings. The van der Waals surface area contributed by atoms with Crippen molar-refractivity contribution in [1.82, 2.24) is 20.1 Å². The predicted octanol–water partition coefficient (Wildman–Crippen LogP) is 1.41. The summed E-state index contributed by atoms with van der Waals surface area (Å²) in [6.45, 7) is 5.20. The van der Waals surface area contributed by atoms with Crippen LogP contribution in [0.15, 0.2) is 0 Å². The highest BCUT2D eigenvalue weighted by atomic mass is 16.4. The molecule has 7 heteroatoms. The number of aliphatic carboxylic acids is 1. The van der Waals surface area contributed by atoms with Crippen LogP contribution < -0.4 is 5.32 Å². The van der Waals surface area contributed by atoms with Gasteiger partial charge in [0.15, 0.2) is 0 Å². The number of carbonyl (C=O) groups excluding carboxylic acids is 1. The topological polar surface area (TPSA) is 97.1 Å². The van der Waals surface area contributed by atoms with Crippen molar-refractivity contribution in [3.05, 3.63) is 11.6 Å². The summed E-state index contributed by atoms with van der Waals surface area (Å²) in [5, 5.41) is 20.6. The predicted molar refractivity (Wildman–Crippen MR) is 87.3 cm³/mol. The Morgan fingerprint density at radius 2 is 2.04 bits per heavy atom. The van der Waals surface area contributed by atoms with Crippen molar-refractivity contribution in [3.8, 4) is 0 Å². The van der Waals surface area contributed by atoms with Gasteiger partial charge < -0.3 is 15.0 Å². The number of nitrogens with zero attached hydrogens (tertiary/aromatic N) is 3. The van der Waals surface area contributed by atoms with Gasteiger partial charge in [-0.3, -0.25) is 9.59 Å². The van der Waals surface area contributed by atoms with Gasteiger partial charge in [-0.1, -0.05) is 20.3 Å². The van der Waals surface area contributed by atoms with Crippen molar-refractivity contribution in [3.63, 3.8) is 0 Å². The second kappa shape index (κ2) is 6.53. The zero-order valence-corrected chi connectivity index (χ0v) is 14.4. The first kappa shape index (κ1) is 16.9. The molecule has 2 atom stereocenters. The summed E-state index contributed by atoms with van der Waals surface area (Å²) in [5.41, 5.74) is -0.444. The second-order valence-electron chi connectivity index (χ2n) is 7.50. The monoisotopic (exact) mass is 334 g/mol. The molecule has 3 rings (SSSR count). The Hall–Kier alpha value is -1.92. The zero-order chi connectivity index (χ0) is 17.3. The molecule has 2 heterocycles. The third-order valence-electron chi connectivity index (χ3n) is 5.44. The Morgan fingerprint density at radius 1 is 1.25 bits per heavy atom. The Kier molecular flexibility index (Phi) is 4.60. The molecule has 1 aromatic heterocycles. The molecule has 0 saturated heterocycles. The van der Waals surface area contributed by atoms with Crippen LogP contribution in [0, 0.1) is 17.3 Å². The molecule has 2 aliphatic rings. The standard InChI is InChI=1S/C17H26N4O3/c1-17(2)13(14(17)16(23)24)15(22)18-9-6-8-12-20-19-11-7-4-3-5-10-21(11)12/h13-14H,3-10H2,1-2H3,(H,18,22)(H,23,24)/t13-,14+/m1/s1. The van der Waals surface area contributed by atoms with Crippen LogP contribution in [0.25, 0.3) is 0 Å². The van der Waals surface area contributed by atoms with E-state index in [1.807, 2.05) is 13.8 Å². The summed E-state index contributed by atoms with van der Waals surface area (Å²) in [4.78, 5) is 23.3. The van der Waals surface area contributed by atoms with Crippen molar-refractivity contribution < 1.29 is 14.7 Å². The van der Waals surface area contributed by atoms with Crippen LogP contribution >= 0.6 is 0 Å². The van der Waals surface area contributed by atoms with Crippen molar-refractivity contribution in [2.45, 2.75) is 58.9 Å². The minimum atomic E-state index is -0.883. The molecule has 2 N–H and O–H groups in total. The van der Waals surface area contributed by atoms with E-state index in [1.165, 1.54) is 19.3 Å². The maximum atomic E-state index is 12.2. The first-order chi connectivity index (χ1) is 11.4. The summed E-state index contributed by atoms with van der Waals surface area (Å²) >= 11 is 0. The molecule has 7 nitrogen and oxygen atoms in total. The van der Waals surface area contributed by atoms with Gasteiger partial charge in [-0.15, -0.1) is 10.2 Å². The average molecular weight is 334 g/mol. The molecule has 1 saturated carbocycles. The quantitative estimate of drug-likeness (QED) is 0.767. The highest BCUT2D eigenvalue weighted by Crippen LogP contribution is 2.58. The molecular formula is C17H26N4O3. The Labute approximate surface area is 141 Å². The van der Waals surface area contributed by atoms with Crippen LogP contribution in [0.3, 0.4) is 0 Å². The first-order valence-corrected chi connectivity index (χ1v) is 8.84. The molecular weight excluding hydrogens is 308 g/mol. The molecule has 1 fully saturated rings. The van der Waals surface area contributed by atoms with Crippen molar-refractivity contribution in [1.29, 1.82) is 0 Å². The number of hydrogen-bond acceptors (Lipinski definition) is 4. The fraction of sp³-hybridized carbons (Fsp3) is 0.765. The molecule has 1 aliphatic heterocycles. The summed E-state index contributed by atoms with van der Waals surface area (Å²) in [7, 11) is 0. The molecule has 0 aromatic carbocycles. The number of amides is 1. The van der Waals surface area contributed by atoms with Gasteiger partial charge in [0.25, 0.3) is 0 Å². The second-order valence-corrected chi connectivity index (χ2v) is 7.50. The smallest absolute Gasteiger partial charge is 0.307 e. The maximum absolute atomic E-state index is 12.2. The van der Waals surface area contributed by atoms with Crippen LogP contribution in [-0.2, 0) is 29.0 Å². The van der Waals surface area contributed by atoms with Gasteiger partial charge in [-0.05, 0) is 24.7 Å². The fourth-order valence-electron chi connectivity index (χ4n) is 3.89. The van der Waals surface area contributed by atoms with E-state index in [-0.39, 0.29) is 5.91 Å². The van der Waals surface area contributed by atoms with E-state index in [4.69, 9.17) is 5.11 Å². The Bertz CT molecular complexity index is 638. The summed E-state index contributed by atoms with van der Waals surface area (Å²) < 4.78 is 2.22. The van der Waals surface area contributed by atoms with Crippen LogP contribution in [0.4, 0.5) is 0 Å². The van der Waals surface area contributed by atoms with Crippen LogP contribution in [0.2, 0.25) is 0 Å². The summed E-state index contributed by atoms with van der Waals surface area (Å²) in [6.07, 6.45) is 6.15. The Balaban J connectivity index is 1.46. The van der Waals surface area contributed by atoms with E-state index < -0.39 is 23.2 Å². The molecule has 0 spiro atoms. The minimum Gasteiger partial charge on any atom is -0.481 e. The Morgan fingerprint density at radius 3 is 2.75 bits per heavy atom. The number of carboxylic acid groups (broad SMARTS) is 1. The average Bonchev–Trinajstić information content (AvgIpc) is 3.04. The van der Waals surface area contributed by atoms with Crippen LogP contribution in [0.5, 0.6) is 0 Å². The fourth-order valence-corrected chi connectivity index (χ4v) is 3.89. The van der Waals surface area contributed by atoms with Crippen molar-refractivity contribution in [2.75, 3.05) is 6.54 Å². The number of hydrogen-bond donors (Lipinski definition) is 2.